The van der Waals surface area contributed by atoms with Gasteiger partial charge in [0.15, 0.2) is 0 Å². The summed E-state index contributed by atoms with van der Waals surface area (Å²) in [5.74, 6) is 0. The van der Waals surface area contributed by atoms with Crippen LogP contribution >= 0.6 is 11.3 Å². The van der Waals surface area contributed by atoms with Crippen LogP contribution in [0.4, 0.5) is 0 Å². The third kappa shape index (κ3) is 3.28. The highest BCUT2D eigenvalue weighted by Gasteiger charge is 2.12. The minimum Gasteiger partial charge on any atom is -0.386 e. The molecule has 1 saturated heterocycles. The lowest BCUT2D eigenvalue weighted by Gasteiger charge is -2.27. The predicted molar refractivity (Wildman–Crippen MR) is 62.7 cm³/mol. The second-order valence-corrected chi connectivity index (χ2v) is 4.92. The monoisotopic (exact) mass is 226 g/mol. The number of hydrazine groups is 1. The van der Waals surface area contributed by atoms with Crippen molar-refractivity contribution in [3.8, 4) is 0 Å². The van der Waals surface area contributed by atoms with Crippen LogP contribution in [0.3, 0.4) is 0 Å². The molecule has 0 amide bonds. The number of rotatable bonds is 4. The van der Waals surface area contributed by atoms with Crippen LogP contribution in [0, 0.1) is 0 Å². The molecule has 3 nitrogen and oxygen atoms in total. The molecule has 15 heavy (non-hydrogen) atoms. The molecule has 1 atom stereocenters. The molecule has 1 unspecified atom stereocenters. The zero-order valence-corrected chi connectivity index (χ0v) is 9.67. The maximum absolute atomic E-state index is 9.86. The third-order valence-corrected chi connectivity index (χ3v) is 3.71. The standard InChI is InChI=1S/C11H18N2OS/c14-10(11-5-4-8-15-11)9-12-13-6-2-1-3-7-13/h4-5,8,10,12,14H,1-3,6-7,9H2. The minimum atomic E-state index is -0.369. The van der Waals surface area contributed by atoms with Crippen molar-refractivity contribution in [1.82, 2.24) is 10.4 Å². The van der Waals surface area contributed by atoms with E-state index in [1.54, 1.807) is 11.3 Å². The third-order valence-electron chi connectivity index (χ3n) is 2.74. The lowest BCUT2D eigenvalue weighted by atomic mass is 10.2. The number of thiophene rings is 1. The molecule has 1 aromatic heterocycles. The van der Waals surface area contributed by atoms with Gasteiger partial charge in [-0.25, -0.2) is 5.01 Å². The van der Waals surface area contributed by atoms with Crippen molar-refractivity contribution in [2.45, 2.75) is 25.4 Å². The summed E-state index contributed by atoms with van der Waals surface area (Å²) in [7, 11) is 0. The van der Waals surface area contributed by atoms with Crippen LogP contribution in [0.1, 0.15) is 30.2 Å². The average molecular weight is 226 g/mol. The topological polar surface area (TPSA) is 35.5 Å². The van der Waals surface area contributed by atoms with E-state index < -0.39 is 0 Å². The Bertz CT molecular complexity index is 270. The number of piperidine rings is 1. The zero-order chi connectivity index (χ0) is 10.5. The first-order chi connectivity index (χ1) is 7.36. The summed E-state index contributed by atoms with van der Waals surface area (Å²) < 4.78 is 0. The first kappa shape index (κ1) is 11.1. The molecule has 4 heteroatoms. The van der Waals surface area contributed by atoms with E-state index in [0.717, 1.165) is 18.0 Å². The normalized spacial score (nSPS) is 20.3. The van der Waals surface area contributed by atoms with E-state index in [2.05, 4.69) is 10.4 Å². The number of nitrogens with one attached hydrogen (secondary N) is 1. The molecular weight excluding hydrogens is 208 g/mol. The first-order valence-electron chi connectivity index (χ1n) is 5.56. The van der Waals surface area contributed by atoms with Crippen molar-refractivity contribution < 1.29 is 5.11 Å². The second kappa shape index (κ2) is 5.61. The quantitative estimate of drug-likeness (QED) is 0.821. The van der Waals surface area contributed by atoms with E-state index in [1.807, 2.05) is 17.5 Å². The van der Waals surface area contributed by atoms with Crippen LogP contribution in [0.5, 0.6) is 0 Å². The van der Waals surface area contributed by atoms with Crippen LogP contribution in [-0.2, 0) is 0 Å². The summed E-state index contributed by atoms with van der Waals surface area (Å²) in [5, 5.41) is 14.1. The highest BCUT2D eigenvalue weighted by atomic mass is 32.1. The van der Waals surface area contributed by atoms with Crippen molar-refractivity contribution >= 4 is 11.3 Å². The van der Waals surface area contributed by atoms with Gasteiger partial charge in [-0.2, -0.15) is 0 Å². The molecule has 0 aliphatic carbocycles. The summed E-state index contributed by atoms with van der Waals surface area (Å²) in [5.41, 5.74) is 3.30. The zero-order valence-electron chi connectivity index (χ0n) is 8.85. The van der Waals surface area contributed by atoms with Crippen molar-refractivity contribution in [2.75, 3.05) is 19.6 Å². The maximum Gasteiger partial charge on any atom is 0.102 e. The molecular formula is C11H18N2OS. The van der Waals surface area contributed by atoms with Gasteiger partial charge in [0.25, 0.3) is 0 Å². The van der Waals surface area contributed by atoms with Crippen molar-refractivity contribution in [3.63, 3.8) is 0 Å². The molecule has 0 aromatic carbocycles. The lowest BCUT2D eigenvalue weighted by molar-refractivity contribution is 0.101. The van der Waals surface area contributed by atoms with Gasteiger partial charge in [-0.15, -0.1) is 11.3 Å². The van der Waals surface area contributed by atoms with Crippen molar-refractivity contribution in [1.29, 1.82) is 0 Å². The molecule has 1 aromatic rings. The molecule has 0 saturated carbocycles. The van der Waals surface area contributed by atoms with Gasteiger partial charge in [0.1, 0.15) is 6.10 Å². The van der Waals surface area contributed by atoms with Gasteiger partial charge in [0.2, 0.25) is 0 Å². The maximum atomic E-state index is 9.86. The Labute approximate surface area is 94.7 Å². The Balaban J connectivity index is 1.73. The summed E-state index contributed by atoms with van der Waals surface area (Å²) >= 11 is 1.61. The molecule has 0 bridgehead atoms. The highest BCUT2D eigenvalue weighted by Crippen LogP contribution is 2.18. The fourth-order valence-corrected chi connectivity index (χ4v) is 2.56. The number of aliphatic hydroxyl groups excluding tert-OH is 1. The minimum absolute atomic E-state index is 0.369. The number of nitrogens with zero attached hydrogens (tertiary/aromatic N) is 1. The van der Waals surface area contributed by atoms with E-state index in [9.17, 15) is 5.11 Å². The van der Waals surface area contributed by atoms with Gasteiger partial charge < -0.3 is 5.11 Å². The largest absolute Gasteiger partial charge is 0.386 e. The number of aliphatic hydroxyl groups is 1. The smallest absolute Gasteiger partial charge is 0.102 e. The van der Waals surface area contributed by atoms with Gasteiger partial charge in [0, 0.05) is 24.5 Å². The number of hydrogen-bond donors (Lipinski definition) is 2. The van der Waals surface area contributed by atoms with Gasteiger partial charge in [-0.1, -0.05) is 12.5 Å². The fourth-order valence-electron chi connectivity index (χ4n) is 1.85. The van der Waals surface area contributed by atoms with Crippen LogP contribution < -0.4 is 5.43 Å². The summed E-state index contributed by atoms with van der Waals surface area (Å²) in [4.78, 5) is 1.04. The highest BCUT2D eigenvalue weighted by molar-refractivity contribution is 7.10. The summed E-state index contributed by atoms with van der Waals surface area (Å²) in [6, 6.07) is 3.96. The van der Waals surface area contributed by atoms with E-state index in [4.69, 9.17) is 0 Å². The Hall–Kier alpha value is -0.420. The molecule has 2 N–H and O–H groups in total. The van der Waals surface area contributed by atoms with Gasteiger partial charge in [0.05, 0.1) is 0 Å². The summed E-state index contributed by atoms with van der Waals surface area (Å²) in [6.07, 6.45) is 3.50. The molecule has 0 spiro atoms. The Morgan fingerprint density at radius 1 is 1.40 bits per heavy atom. The van der Waals surface area contributed by atoms with E-state index in [0.29, 0.717) is 6.54 Å². The summed E-state index contributed by atoms with van der Waals surface area (Å²) in [6.45, 7) is 2.84. The Morgan fingerprint density at radius 3 is 2.87 bits per heavy atom. The fraction of sp³-hybridized carbons (Fsp3) is 0.636. The molecule has 2 heterocycles. The van der Waals surface area contributed by atoms with Crippen molar-refractivity contribution in [2.24, 2.45) is 0 Å². The molecule has 1 aliphatic rings. The van der Waals surface area contributed by atoms with Gasteiger partial charge >= 0.3 is 0 Å². The SMILES string of the molecule is OC(CNN1CCCCC1)c1cccs1. The van der Waals surface area contributed by atoms with Crippen LogP contribution in [0.15, 0.2) is 17.5 Å². The number of hydrogen-bond acceptors (Lipinski definition) is 4. The Morgan fingerprint density at radius 2 is 2.20 bits per heavy atom. The predicted octanol–water partition coefficient (Wildman–Crippen LogP) is 1.77. The molecule has 0 radical (unpaired) electrons. The van der Waals surface area contributed by atoms with Crippen LogP contribution in [0.2, 0.25) is 0 Å². The van der Waals surface area contributed by atoms with E-state index >= 15 is 0 Å². The Kier molecular flexibility index (Phi) is 4.14. The van der Waals surface area contributed by atoms with E-state index in [-0.39, 0.29) is 6.10 Å². The van der Waals surface area contributed by atoms with Crippen molar-refractivity contribution in [3.05, 3.63) is 22.4 Å². The molecule has 2 rings (SSSR count). The molecule has 84 valence electrons. The second-order valence-electron chi connectivity index (χ2n) is 3.94. The van der Waals surface area contributed by atoms with E-state index in [1.165, 1.54) is 19.3 Å². The van der Waals surface area contributed by atoms with Crippen LogP contribution in [0.25, 0.3) is 0 Å². The van der Waals surface area contributed by atoms with Gasteiger partial charge in [-0.3, -0.25) is 5.43 Å². The van der Waals surface area contributed by atoms with Gasteiger partial charge in [-0.05, 0) is 24.3 Å². The first-order valence-corrected chi connectivity index (χ1v) is 6.44. The van der Waals surface area contributed by atoms with Crippen LogP contribution in [-0.4, -0.2) is 29.7 Å². The average Bonchev–Trinajstić information content (AvgIpc) is 2.81. The molecule has 1 fully saturated rings. The molecule has 1 aliphatic heterocycles. The lowest BCUT2D eigenvalue weighted by Crippen LogP contribution is -2.43.